The predicted molar refractivity (Wildman–Crippen MR) is 126 cm³/mol. The Morgan fingerprint density at radius 2 is 1.57 bits per heavy atom. The highest BCUT2D eigenvalue weighted by Crippen LogP contribution is 2.43. The van der Waals surface area contributed by atoms with E-state index < -0.39 is 35.1 Å². The van der Waals surface area contributed by atoms with E-state index in [1.54, 1.807) is 48.5 Å². The van der Waals surface area contributed by atoms with Gasteiger partial charge in [-0.25, -0.2) is 8.78 Å². The number of aliphatic hydroxyl groups is 1. The molecule has 0 bridgehead atoms. The first-order valence-corrected chi connectivity index (χ1v) is 11.1. The Hall–Kier alpha value is -4.20. The summed E-state index contributed by atoms with van der Waals surface area (Å²) in [5.41, 5.74) is 0.538. The number of hydrogen-bond acceptors (Lipinski definition) is 5. The molecule has 3 aromatic carbocycles. The van der Waals surface area contributed by atoms with Crippen molar-refractivity contribution in [1.29, 1.82) is 0 Å². The molecule has 1 amide bonds. The Kier molecular flexibility index (Phi) is 6.82. The Bertz CT molecular complexity index is 1300. The van der Waals surface area contributed by atoms with E-state index in [9.17, 15) is 23.5 Å². The van der Waals surface area contributed by atoms with E-state index in [-0.39, 0.29) is 11.3 Å². The number of rotatable bonds is 7. The number of carbonyl (C=O) groups is 2. The number of anilines is 1. The van der Waals surface area contributed by atoms with Crippen molar-refractivity contribution in [3.8, 4) is 11.5 Å². The summed E-state index contributed by atoms with van der Waals surface area (Å²) >= 11 is 0. The first-order chi connectivity index (χ1) is 16.8. The number of nitrogens with zero attached hydrogens (tertiary/aromatic N) is 1. The second-order valence-corrected chi connectivity index (χ2v) is 7.73. The molecule has 1 aliphatic rings. The molecule has 3 aromatic rings. The van der Waals surface area contributed by atoms with E-state index in [4.69, 9.17) is 9.47 Å². The van der Waals surface area contributed by atoms with Crippen LogP contribution in [0.15, 0.2) is 72.3 Å². The fourth-order valence-electron chi connectivity index (χ4n) is 4.02. The van der Waals surface area contributed by atoms with Gasteiger partial charge >= 0.3 is 0 Å². The topological polar surface area (TPSA) is 76.1 Å². The van der Waals surface area contributed by atoms with Gasteiger partial charge < -0.3 is 14.6 Å². The number of hydrogen-bond donors (Lipinski definition) is 1. The molecule has 1 N–H and O–H groups in total. The van der Waals surface area contributed by atoms with Gasteiger partial charge in [0.05, 0.1) is 24.8 Å². The third kappa shape index (κ3) is 4.59. The van der Waals surface area contributed by atoms with Gasteiger partial charge in [0, 0.05) is 17.3 Å². The number of amides is 1. The van der Waals surface area contributed by atoms with Crippen LogP contribution in [0.1, 0.15) is 31.0 Å². The summed E-state index contributed by atoms with van der Waals surface area (Å²) in [5.74, 6) is -3.52. The van der Waals surface area contributed by atoms with Crippen molar-refractivity contribution in [2.24, 2.45) is 0 Å². The third-order valence-corrected chi connectivity index (χ3v) is 5.55. The summed E-state index contributed by atoms with van der Waals surface area (Å²) in [7, 11) is 0. The zero-order valence-corrected chi connectivity index (χ0v) is 19.1. The number of carbonyl (C=O) groups excluding carboxylic acids is 2. The summed E-state index contributed by atoms with van der Waals surface area (Å²) < 4.78 is 38.7. The predicted octanol–water partition coefficient (Wildman–Crippen LogP) is 5.39. The normalized spacial score (nSPS) is 17.0. The van der Waals surface area contributed by atoms with Gasteiger partial charge in [0.25, 0.3) is 11.7 Å². The maximum atomic E-state index is 14.1. The van der Waals surface area contributed by atoms with E-state index >= 15 is 0 Å². The maximum absolute atomic E-state index is 14.1. The van der Waals surface area contributed by atoms with Crippen molar-refractivity contribution in [2.75, 3.05) is 18.1 Å². The van der Waals surface area contributed by atoms with Gasteiger partial charge in [0.15, 0.2) is 11.6 Å². The SMILES string of the molecule is CCOc1ccc(/C(O)=C2\C(=O)C(=O)N(c3ccc(F)c(F)c3)C2c2cccc(OCC)c2)cc1. The Labute approximate surface area is 201 Å². The Morgan fingerprint density at radius 1 is 0.886 bits per heavy atom. The van der Waals surface area contributed by atoms with Gasteiger partial charge in [-0.3, -0.25) is 14.5 Å². The molecule has 0 aromatic heterocycles. The molecule has 8 heteroatoms. The molecule has 1 saturated heterocycles. The van der Waals surface area contributed by atoms with Gasteiger partial charge in [-0.15, -0.1) is 0 Å². The highest BCUT2D eigenvalue weighted by Gasteiger charge is 2.47. The third-order valence-electron chi connectivity index (χ3n) is 5.55. The van der Waals surface area contributed by atoms with E-state index in [1.165, 1.54) is 6.07 Å². The lowest BCUT2D eigenvalue weighted by molar-refractivity contribution is -0.132. The monoisotopic (exact) mass is 479 g/mol. The van der Waals surface area contributed by atoms with Gasteiger partial charge in [-0.2, -0.15) is 0 Å². The van der Waals surface area contributed by atoms with Crippen LogP contribution in [0.25, 0.3) is 5.76 Å². The zero-order valence-electron chi connectivity index (χ0n) is 19.1. The molecule has 4 rings (SSSR count). The highest BCUT2D eigenvalue weighted by molar-refractivity contribution is 6.51. The molecular formula is C27H23F2NO5. The zero-order chi connectivity index (χ0) is 25.1. The van der Waals surface area contributed by atoms with Crippen molar-refractivity contribution in [3.05, 3.63) is 95.1 Å². The first kappa shape index (κ1) is 23.9. The van der Waals surface area contributed by atoms with E-state index in [1.807, 2.05) is 13.8 Å². The standard InChI is InChI=1S/C27H23F2NO5/c1-3-34-19-11-8-16(9-12-19)25(31)23-24(17-6-5-7-20(14-17)35-4-2)30(27(33)26(23)32)18-10-13-21(28)22(29)15-18/h5-15,24,31H,3-4H2,1-2H3/b25-23+. The number of ketones is 1. The smallest absolute Gasteiger partial charge is 0.300 e. The number of benzene rings is 3. The fraction of sp³-hybridized carbons (Fsp3) is 0.185. The van der Waals surface area contributed by atoms with Crippen LogP contribution in [0.5, 0.6) is 11.5 Å². The molecule has 35 heavy (non-hydrogen) atoms. The number of ether oxygens (including phenoxy) is 2. The molecule has 6 nitrogen and oxygen atoms in total. The molecule has 0 aliphatic carbocycles. The lowest BCUT2D eigenvalue weighted by atomic mass is 9.95. The summed E-state index contributed by atoms with van der Waals surface area (Å²) in [4.78, 5) is 27.4. The maximum Gasteiger partial charge on any atom is 0.300 e. The molecule has 0 radical (unpaired) electrons. The summed E-state index contributed by atoms with van der Waals surface area (Å²) in [6, 6.07) is 14.9. The lowest BCUT2D eigenvalue weighted by Gasteiger charge is -2.26. The van der Waals surface area contributed by atoms with Crippen molar-refractivity contribution >= 4 is 23.1 Å². The van der Waals surface area contributed by atoms with Crippen molar-refractivity contribution < 1.29 is 33.0 Å². The number of aliphatic hydroxyl groups excluding tert-OH is 1. The minimum absolute atomic E-state index is 0.0245. The molecule has 1 aliphatic heterocycles. The molecule has 0 spiro atoms. The van der Waals surface area contributed by atoms with Crippen LogP contribution >= 0.6 is 0 Å². The largest absolute Gasteiger partial charge is 0.507 e. The molecular weight excluding hydrogens is 456 g/mol. The van der Waals surface area contributed by atoms with Gasteiger partial charge in [-0.1, -0.05) is 12.1 Å². The van der Waals surface area contributed by atoms with E-state index in [0.717, 1.165) is 17.0 Å². The second-order valence-electron chi connectivity index (χ2n) is 7.73. The molecule has 1 atom stereocenters. The molecule has 0 saturated carbocycles. The van der Waals surface area contributed by atoms with Gasteiger partial charge in [0.1, 0.15) is 17.3 Å². The van der Waals surface area contributed by atoms with E-state index in [2.05, 4.69) is 0 Å². The molecule has 1 fully saturated rings. The summed E-state index contributed by atoms with van der Waals surface area (Å²) in [6.45, 7) is 4.50. The lowest BCUT2D eigenvalue weighted by Crippen LogP contribution is -2.29. The quantitative estimate of drug-likeness (QED) is 0.279. The van der Waals surface area contributed by atoms with Gasteiger partial charge in [0.2, 0.25) is 0 Å². The summed E-state index contributed by atoms with van der Waals surface area (Å²) in [6.07, 6.45) is 0. The number of Topliss-reactive ketones (excluding diaryl/α,β-unsaturated/α-hetero) is 1. The highest BCUT2D eigenvalue weighted by atomic mass is 19.2. The number of halogens is 2. The van der Waals surface area contributed by atoms with Crippen LogP contribution in [-0.2, 0) is 9.59 Å². The minimum atomic E-state index is -1.17. The van der Waals surface area contributed by atoms with Gasteiger partial charge in [-0.05, 0) is 67.9 Å². The average molecular weight is 479 g/mol. The Balaban J connectivity index is 1.90. The van der Waals surface area contributed by atoms with Crippen LogP contribution in [-0.4, -0.2) is 30.0 Å². The molecule has 1 unspecified atom stereocenters. The molecule has 1 heterocycles. The Morgan fingerprint density at radius 3 is 2.23 bits per heavy atom. The van der Waals surface area contributed by atoms with Crippen molar-refractivity contribution in [3.63, 3.8) is 0 Å². The van der Waals surface area contributed by atoms with Crippen molar-refractivity contribution in [2.45, 2.75) is 19.9 Å². The minimum Gasteiger partial charge on any atom is -0.507 e. The van der Waals surface area contributed by atoms with E-state index in [0.29, 0.717) is 35.8 Å². The fourth-order valence-corrected chi connectivity index (χ4v) is 4.02. The van der Waals surface area contributed by atoms with Crippen molar-refractivity contribution in [1.82, 2.24) is 0 Å². The van der Waals surface area contributed by atoms with Crippen LogP contribution in [0.2, 0.25) is 0 Å². The second kappa shape index (κ2) is 9.97. The summed E-state index contributed by atoms with van der Waals surface area (Å²) in [5, 5.41) is 11.2. The molecule has 180 valence electrons. The average Bonchev–Trinajstić information content (AvgIpc) is 3.12. The van der Waals surface area contributed by atoms with Crippen LogP contribution < -0.4 is 14.4 Å². The first-order valence-electron chi connectivity index (χ1n) is 11.1. The van der Waals surface area contributed by atoms with Crippen LogP contribution in [0.4, 0.5) is 14.5 Å². The van der Waals surface area contributed by atoms with Crippen LogP contribution in [0.3, 0.4) is 0 Å². The van der Waals surface area contributed by atoms with Crippen LogP contribution in [0, 0.1) is 11.6 Å².